The molecular weight excluding hydrogens is 294 g/mol. The van der Waals surface area contributed by atoms with Gasteiger partial charge in [-0.2, -0.15) is 5.10 Å². The van der Waals surface area contributed by atoms with E-state index >= 15 is 0 Å². The first-order valence-corrected chi connectivity index (χ1v) is 8.83. The van der Waals surface area contributed by atoms with Crippen molar-refractivity contribution in [3.05, 3.63) is 35.4 Å². The minimum absolute atomic E-state index is 0.490. The van der Waals surface area contributed by atoms with Gasteiger partial charge in [-0.3, -0.25) is 9.58 Å². The zero-order valence-corrected chi connectivity index (χ0v) is 14.3. The minimum Gasteiger partial charge on any atom is -0.297 e. The van der Waals surface area contributed by atoms with Crippen molar-refractivity contribution < 1.29 is 0 Å². The van der Waals surface area contributed by atoms with Crippen molar-refractivity contribution in [2.75, 3.05) is 18.8 Å². The summed E-state index contributed by atoms with van der Waals surface area (Å²) >= 11 is 1.68. The third-order valence-electron chi connectivity index (χ3n) is 4.00. The van der Waals surface area contributed by atoms with E-state index in [0.29, 0.717) is 6.04 Å². The van der Waals surface area contributed by atoms with Crippen molar-refractivity contribution in [2.24, 2.45) is 0 Å². The van der Waals surface area contributed by atoms with Gasteiger partial charge in [-0.1, -0.05) is 18.7 Å². The first kappa shape index (κ1) is 15.5. The molecule has 2 aromatic heterocycles. The number of likely N-dealkylation sites (tertiary alicyclic amines) is 1. The third kappa shape index (κ3) is 3.50. The van der Waals surface area contributed by atoms with Gasteiger partial charge in [0.2, 0.25) is 0 Å². The fourth-order valence-electron chi connectivity index (χ4n) is 3.06. The lowest BCUT2D eigenvalue weighted by Gasteiger charge is -2.16. The normalized spacial score (nSPS) is 19.0. The lowest BCUT2D eigenvalue weighted by molar-refractivity contribution is 0.309. The molecule has 1 aliphatic rings. The molecule has 0 aromatic carbocycles. The molecule has 3 heterocycles. The summed E-state index contributed by atoms with van der Waals surface area (Å²) in [5.74, 6) is 1.01. The van der Waals surface area contributed by atoms with Crippen LogP contribution in [0.1, 0.15) is 36.3 Å². The zero-order valence-electron chi connectivity index (χ0n) is 13.5. The molecule has 118 valence electrons. The van der Waals surface area contributed by atoms with Crippen molar-refractivity contribution in [2.45, 2.75) is 44.9 Å². The maximum Gasteiger partial charge on any atom is 0.187 e. The molecule has 1 atom stereocenters. The first-order valence-electron chi connectivity index (χ1n) is 7.84. The first-order chi connectivity index (χ1) is 10.7. The number of aromatic nitrogens is 4. The molecule has 1 aliphatic heterocycles. The van der Waals surface area contributed by atoms with E-state index in [0.717, 1.165) is 42.7 Å². The molecule has 22 heavy (non-hydrogen) atoms. The molecule has 0 bridgehead atoms. The summed E-state index contributed by atoms with van der Waals surface area (Å²) < 4.78 is 2.19. The van der Waals surface area contributed by atoms with E-state index in [-0.39, 0.29) is 0 Å². The predicted molar refractivity (Wildman–Crippen MR) is 89.1 cm³/mol. The van der Waals surface area contributed by atoms with Gasteiger partial charge < -0.3 is 0 Å². The van der Waals surface area contributed by atoms with Crippen LogP contribution in [0.5, 0.6) is 0 Å². The van der Waals surface area contributed by atoms with Crippen molar-refractivity contribution in [1.29, 1.82) is 0 Å². The largest absolute Gasteiger partial charge is 0.297 e. The Morgan fingerprint density at radius 2 is 2.05 bits per heavy atom. The summed E-state index contributed by atoms with van der Waals surface area (Å²) in [7, 11) is 0. The summed E-state index contributed by atoms with van der Waals surface area (Å²) in [6, 6.07) is 2.64. The maximum absolute atomic E-state index is 4.63. The highest BCUT2D eigenvalue weighted by molar-refractivity contribution is 7.99. The number of hydrogen-bond donors (Lipinski definition) is 0. The summed E-state index contributed by atoms with van der Waals surface area (Å²) in [6.45, 7) is 9.39. The second kappa shape index (κ2) is 6.79. The Morgan fingerprint density at radius 3 is 2.68 bits per heavy atom. The molecule has 0 unspecified atom stereocenters. The van der Waals surface area contributed by atoms with Gasteiger partial charge in [0.1, 0.15) is 0 Å². The van der Waals surface area contributed by atoms with Gasteiger partial charge in [0.25, 0.3) is 0 Å². The average Bonchev–Trinajstić information content (AvgIpc) is 3.07. The fraction of sp³-hybridized carbons (Fsp3) is 0.562. The van der Waals surface area contributed by atoms with Gasteiger partial charge in [-0.05, 0) is 32.1 Å². The van der Waals surface area contributed by atoms with Crippen LogP contribution in [0.2, 0.25) is 0 Å². The molecule has 0 saturated carbocycles. The highest BCUT2D eigenvalue weighted by Crippen LogP contribution is 2.24. The van der Waals surface area contributed by atoms with Crippen LogP contribution in [0.15, 0.2) is 23.6 Å². The Labute approximate surface area is 136 Å². The van der Waals surface area contributed by atoms with Crippen molar-refractivity contribution >= 4 is 11.8 Å². The second-order valence-electron chi connectivity index (χ2n) is 5.86. The summed E-state index contributed by atoms with van der Waals surface area (Å²) in [6.07, 6.45) is 5.08. The topological polar surface area (TPSA) is 46.8 Å². The van der Waals surface area contributed by atoms with Gasteiger partial charge in [0, 0.05) is 43.3 Å². The van der Waals surface area contributed by atoms with E-state index in [2.05, 4.69) is 51.5 Å². The maximum atomic E-state index is 4.63. The molecule has 0 amide bonds. The van der Waals surface area contributed by atoms with Gasteiger partial charge in [-0.25, -0.2) is 9.97 Å². The van der Waals surface area contributed by atoms with Gasteiger partial charge in [-0.15, -0.1) is 0 Å². The van der Waals surface area contributed by atoms with E-state index in [1.807, 2.05) is 12.4 Å². The molecule has 0 spiro atoms. The second-order valence-corrected chi connectivity index (χ2v) is 7.09. The van der Waals surface area contributed by atoms with Crippen LogP contribution in [0.25, 0.3) is 0 Å². The number of thioether (sulfide) groups is 1. The van der Waals surface area contributed by atoms with E-state index in [9.17, 15) is 0 Å². The summed E-state index contributed by atoms with van der Waals surface area (Å²) in [5.41, 5.74) is 3.55. The Morgan fingerprint density at radius 1 is 1.27 bits per heavy atom. The van der Waals surface area contributed by atoms with E-state index in [1.165, 1.54) is 11.3 Å². The van der Waals surface area contributed by atoms with Crippen LogP contribution in [0.3, 0.4) is 0 Å². The van der Waals surface area contributed by atoms with Crippen LogP contribution >= 0.6 is 11.8 Å². The van der Waals surface area contributed by atoms with E-state index in [4.69, 9.17) is 0 Å². The van der Waals surface area contributed by atoms with Gasteiger partial charge >= 0.3 is 0 Å². The number of hydrogen-bond acceptors (Lipinski definition) is 5. The number of nitrogens with zero attached hydrogens (tertiary/aromatic N) is 5. The Kier molecular flexibility index (Phi) is 4.78. The standard InChI is InChI=1S/C16H23N5S/c1-4-22-16-17-8-14(9-18-16)10-20-6-5-15(11-20)21-13(3)7-12(2)19-21/h7-9,15H,4-6,10-11H2,1-3H3/t15-/m0/s1. The monoisotopic (exact) mass is 317 g/mol. The van der Waals surface area contributed by atoms with Crippen LogP contribution in [-0.4, -0.2) is 43.5 Å². The Hall–Kier alpha value is -1.40. The molecule has 6 heteroatoms. The molecule has 0 N–H and O–H groups in total. The molecule has 2 aromatic rings. The molecule has 0 aliphatic carbocycles. The van der Waals surface area contributed by atoms with Crippen LogP contribution in [0.4, 0.5) is 0 Å². The molecule has 1 saturated heterocycles. The minimum atomic E-state index is 0.490. The van der Waals surface area contributed by atoms with Crippen LogP contribution in [0, 0.1) is 13.8 Å². The van der Waals surface area contributed by atoms with E-state index in [1.54, 1.807) is 11.8 Å². The van der Waals surface area contributed by atoms with E-state index < -0.39 is 0 Å². The average molecular weight is 317 g/mol. The van der Waals surface area contributed by atoms with Gasteiger partial charge in [0.15, 0.2) is 5.16 Å². The molecule has 0 radical (unpaired) electrons. The lowest BCUT2D eigenvalue weighted by Crippen LogP contribution is -2.22. The summed E-state index contributed by atoms with van der Waals surface area (Å²) in [5, 5.41) is 5.50. The molecular formula is C16H23N5S. The third-order valence-corrected chi connectivity index (χ3v) is 4.76. The van der Waals surface area contributed by atoms with Crippen LogP contribution < -0.4 is 0 Å². The van der Waals surface area contributed by atoms with Crippen molar-refractivity contribution in [1.82, 2.24) is 24.6 Å². The zero-order chi connectivity index (χ0) is 15.5. The Balaban J connectivity index is 1.60. The predicted octanol–water partition coefficient (Wildman–Crippen LogP) is 2.85. The van der Waals surface area contributed by atoms with Gasteiger partial charge in [0.05, 0.1) is 11.7 Å². The highest BCUT2D eigenvalue weighted by atomic mass is 32.2. The van der Waals surface area contributed by atoms with Crippen molar-refractivity contribution in [3.63, 3.8) is 0 Å². The molecule has 3 rings (SSSR count). The fourth-order valence-corrected chi connectivity index (χ4v) is 3.57. The lowest BCUT2D eigenvalue weighted by atomic mass is 10.2. The smallest absolute Gasteiger partial charge is 0.187 e. The SMILES string of the molecule is CCSc1ncc(CN2CC[C@H](n3nc(C)cc3C)C2)cn1. The highest BCUT2D eigenvalue weighted by Gasteiger charge is 2.25. The Bertz CT molecular complexity index is 622. The molecule has 1 fully saturated rings. The quantitative estimate of drug-likeness (QED) is 0.627. The van der Waals surface area contributed by atoms with Crippen LogP contribution in [-0.2, 0) is 6.54 Å². The number of rotatable bonds is 5. The molecule has 5 nitrogen and oxygen atoms in total. The van der Waals surface area contributed by atoms with Crippen molar-refractivity contribution in [3.8, 4) is 0 Å². The summed E-state index contributed by atoms with van der Waals surface area (Å²) in [4.78, 5) is 11.3. The number of aryl methyl sites for hydroxylation is 2.